The number of nitrogens with one attached hydrogen (secondary N) is 1. The third-order valence-electron chi connectivity index (χ3n) is 6.03. The SMILES string of the molecule is CCN1Cc2ccccc2NC2(CCN(CC3CC3)CC2)CC1=O. The summed E-state index contributed by atoms with van der Waals surface area (Å²) < 4.78 is 0. The maximum Gasteiger partial charge on any atom is 0.225 e. The van der Waals surface area contributed by atoms with E-state index in [9.17, 15) is 4.79 Å². The molecule has 1 aromatic rings. The molecule has 4 heteroatoms. The van der Waals surface area contributed by atoms with Gasteiger partial charge in [-0.05, 0) is 50.2 Å². The van der Waals surface area contributed by atoms with Gasteiger partial charge in [0.25, 0.3) is 0 Å². The molecule has 0 radical (unpaired) electrons. The van der Waals surface area contributed by atoms with Gasteiger partial charge in [-0.1, -0.05) is 18.2 Å². The highest BCUT2D eigenvalue weighted by atomic mass is 16.2. The van der Waals surface area contributed by atoms with Gasteiger partial charge in [-0.3, -0.25) is 4.79 Å². The summed E-state index contributed by atoms with van der Waals surface area (Å²) in [6, 6.07) is 8.50. The van der Waals surface area contributed by atoms with Gasteiger partial charge in [0.2, 0.25) is 5.91 Å². The third-order valence-corrected chi connectivity index (χ3v) is 6.03. The Labute approximate surface area is 145 Å². The second-order valence-corrected chi connectivity index (χ2v) is 7.89. The van der Waals surface area contributed by atoms with Crippen LogP contribution < -0.4 is 5.32 Å². The number of hydrogen-bond donors (Lipinski definition) is 1. The molecule has 130 valence electrons. The van der Waals surface area contributed by atoms with Crippen molar-refractivity contribution in [1.29, 1.82) is 0 Å². The van der Waals surface area contributed by atoms with Gasteiger partial charge in [0.15, 0.2) is 0 Å². The summed E-state index contributed by atoms with van der Waals surface area (Å²) >= 11 is 0. The summed E-state index contributed by atoms with van der Waals surface area (Å²) in [7, 11) is 0. The molecule has 1 aliphatic carbocycles. The van der Waals surface area contributed by atoms with Crippen molar-refractivity contribution in [1.82, 2.24) is 9.80 Å². The van der Waals surface area contributed by atoms with Crippen molar-refractivity contribution >= 4 is 11.6 Å². The number of carbonyl (C=O) groups excluding carboxylic acids is 1. The summed E-state index contributed by atoms with van der Waals surface area (Å²) in [4.78, 5) is 17.4. The van der Waals surface area contributed by atoms with E-state index < -0.39 is 0 Å². The number of rotatable bonds is 3. The standard InChI is InChI=1S/C20H29N3O/c1-2-23-15-17-5-3-4-6-18(17)21-20(13-19(23)24)9-11-22(12-10-20)14-16-7-8-16/h3-6,16,21H,2,7-15H2,1H3. The van der Waals surface area contributed by atoms with Crippen molar-refractivity contribution in [3.05, 3.63) is 29.8 Å². The molecule has 0 aromatic heterocycles. The van der Waals surface area contributed by atoms with Crippen molar-refractivity contribution in [3.63, 3.8) is 0 Å². The quantitative estimate of drug-likeness (QED) is 0.927. The van der Waals surface area contributed by atoms with E-state index in [0.717, 1.165) is 44.9 Å². The molecule has 2 fully saturated rings. The van der Waals surface area contributed by atoms with Crippen LogP contribution in [0.1, 0.15) is 44.6 Å². The number of likely N-dealkylation sites (tertiary alicyclic amines) is 1. The number of anilines is 1. The van der Waals surface area contributed by atoms with Gasteiger partial charge >= 0.3 is 0 Å². The minimum Gasteiger partial charge on any atom is -0.379 e. The molecule has 4 rings (SSSR count). The molecule has 1 saturated carbocycles. The number of benzene rings is 1. The van der Waals surface area contributed by atoms with Gasteiger partial charge in [0.1, 0.15) is 0 Å². The lowest BCUT2D eigenvalue weighted by atomic mass is 9.82. The van der Waals surface area contributed by atoms with Crippen LogP contribution in [0.25, 0.3) is 0 Å². The maximum atomic E-state index is 12.8. The molecule has 1 saturated heterocycles. The first-order valence-electron chi connectivity index (χ1n) is 9.54. The van der Waals surface area contributed by atoms with Gasteiger partial charge < -0.3 is 15.1 Å². The van der Waals surface area contributed by atoms with E-state index in [2.05, 4.69) is 41.4 Å². The Kier molecular flexibility index (Phi) is 4.25. The highest BCUT2D eigenvalue weighted by Crippen LogP contribution is 2.36. The van der Waals surface area contributed by atoms with Gasteiger partial charge in [-0.15, -0.1) is 0 Å². The van der Waals surface area contributed by atoms with Crippen LogP contribution in [0.5, 0.6) is 0 Å². The lowest BCUT2D eigenvalue weighted by Gasteiger charge is -2.45. The Balaban J connectivity index is 1.55. The zero-order valence-corrected chi connectivity index (χ0v) is 14.8. The van der Waals surface area contributed by atoms with Crippen LogP contribution in [0.3, 0.4) is 0 Å². The minimum absolute atomic E-state index is 0.0684. The van der Waals surface area contributed by atoms with Crippen molar-refractivity contribution in [2.24, 2.45) is 5.92 Å². The van der Waals surface area contributed by atoms with Crippen molar-refractivity contribution < 1.29 is 4.79 Å². The molecule has 4 nitrogen and oxygen atoms in total. The first kappa shape index (κ1) is 15.9. The fourth-order valence-corrected chi connectivity index (χ4v) is 4.22. The summed E-state index contributed by atoms with van der Waals surface area (Å²) in [5.41, 5.74) is 2.40. The molecule has 1 N–H and O–H groups in total. The molecular weight excluding hydrogens is 298 g/mol. The highest BCUT2D eigenvalue weighted by molar-refractivity contribution is 5.79. The minimum atomic E-state index is -0.0684. The summed E-state index contributed by atoms with van der Waals surface area (Å²) in [6.45, 7) is 7.09. The van der Waals surface area contributed by atoms with Crippen LogP contribution in [0.15, 0.2) is 24.3 Å². The fraction of sp³-hybridized carbons (Fsp3) is 0.650. The predicted octanol–water partition coefficient (Wildman–Crippen LogP) is 3.10. The van der Waals surface area contributed by atoms with E-state index in [1.807, 2.05) is 4.90 Å². The topological polar surface area (TPSA) is 35.6 Å². The van der Waals surface area contributed by atoms with Crippen molar-refractivity contribution in [3.8, 4) is 0 Å². The Morgan fingerprint density at radius 2 is 1.96 bits per heavy atom. The van der Waals surface area contributed by atoms with Crippen LogP contribution >= 0.6 is 0 Å². The fourth-order valence-electron chi connectivity index (χ4n) is 4.22. The average molecular weight is 327 g/mol. The number of hydrogen-bond acceptors (Lipinski definition) is 3. The van der Waals surface area contributed by atoms with Crippen LogP contribution in [0.2, 0.25) is 0 Å². The van der Waals surface area contributed by atoms with E-state index in [4.69, 9.17) is 0 Å². The van der Waals surface area contributed by atoms with Gasteiger partial charge in [0, 0.05) is 50.4 Å². The zero-order chi connectivity index (χ0) is 16.6. The number of nitrogens with zero attached hydrogens (tertiary/aromatic N) is 2. The molecule has 0 unspecified atom stereocenters. The smallest absolute Gasteiger partial charge is 0.225 e. The molecule has 1 aromatic carbocycles. The normalized spacial score (nSPS) is 24.2. The largest absolute Gasteiger partial charge is 0.379 e. The van der Waals surface area contributed by atoms with Crippen LogP contribution in [-0.2, 0) is 11.3 Å². The Bertz CT molecular complexity index is 603. The summed E-state index contributed by atoms with van der Waals surface area (Å²) in [6.07, 6.45) is 5.59. The van der Waals surface area contributed by atoms with Gasteiger partial charge in [0.05, 0.1) is 0 Å². The van der Waals surface area contributed by atoms with Gasteiger partial charge in [-0.25, -0.2) is 0 Å². The van der Waals surface area contributed by atoms with E-state index in [-0.39, 0.29) is 5.54 Å². The summed E-state index contributed by atoms with van der Waals surface area (Å²) in [5.74, 6) is 1.25. The number of para-hydroxylation sites is 1. The van der Waals surface area contributed by atoms with Crippen LogP contribution in [0, 0.1) is 5.92 Å². The van der Waals surface area contributed by atoms with Crippen LogP contribution in [0.4, 0.5) is 5.69 Å². The number of amides is 1. The number of fused-ring (bicyclic) bond motifs is 1. The zero-order valence-electron chi connectivity index (χ0n) is 14.8. The number of carbonyl (C=O) groups is 1. The van der Waals surface area contributed by atoms with Crippen molar-refractivity contribution in [2.45, 2.75) is 51.1 Å². The first-order chi connectivity index (χ1) is 11.7. The van der Waals surface area contributed by atoms with E-state index in [1.165, 1.54) is 30.6 Å². The van der Waals surface area contributed by atoms with E-state index >= 15 is 0 Å². The lowest BCUT2D eigenvalue weighted by molar-refractivity contribution is -0.133. The Morgan fingerprint density at radius 3 is 2.67 bits per heavy atom. The third kappa shape index (κ3) is 3.30. The molecule has 1 amide bonds. The van der Waals surface area contributed by atoms with Gasteiger partial charge in [-0.2, -0.15) is 0 Å². The lowest BCUT2D eigenvalue weighted by Crippen LogP contribution is -2.53. The molecule has 0 atom stereocenters. The molecule has 1 spiro atoms. The monoisotopic (exact) mass is 327 g/mol. The number of piperidine rings is 1. The Morgan fingerprint density at radius 1 is 1.21 bits per heavy atom. The second kappa shape index (κ2) is 6.40. The predicted molar refractivity (Wildman–Crippen MR) is 96.9 cm³/mol. The molecule has 2 heterocycles. The summed E-state index contributed by atoms with van der Waals surface area (Å²) in [5, 5.41) is 3.81. The molecule has 24 heavy (non-hydrogen) atoms. The maximum absolute atomic E-state index is 12.8. The van der Waals surface area contributed by atoms with Crippen molar-refractivity contribution in [2.75, 3.05) is 31.5 Å². The average Bonchev–Trinajstić information content (AvgIpc) is 3.39. The van der Waals surface area contributed by atoms with Crippen LogP contribution in [-0.4, -0.2) is 47.4 Å². The Hall–Kier alpha value is -1.55. The molecule has 3 aliphatic rings. The van der Waals surface area contributed by atoms with E-state index in [1.54, 1.807) is 0 Å². The molecule has 0 bridgehead atoms. The second-order valence-electron chi connectivity index (χ2n) is 7.89. The van der Waals surface area contributed by atoms with E-state index in [0.29, 0.717) is 12.3 Å². The highest BCUT2D eigenvalue weighted by Gasteiger charge is 2.40. The molecular formula is C20H29N3O. The first-order valence-corrected chi connectivity index (χ1v) is 9.54. The molecule has 2 aliphatic heterocycles.